The van der Waals surface area contributed by atoms with Gasteiger partial charge in [0.05, 0.1) is 0 Å². The van der Waals surface area contributed by atoms with E-state index in [1.165, 1.54) is 11.8 Å². The van der Waals surface area contributed by atoms with Crippen LogP contribution in [0, 0.1) is 6.92 Å². The third-order valence-corrected chi connectivity index (χ3v) is 5.64. The van der Waals surface area contributed by atoms with Gasteiger partial charge in [-0.2, -0.15) is 4.98 Å². The van der Waals surface area contributed by atoms with Crippen LogP contribution >= 0.6 is 23.4 Å². The number of aromatic nitrogens is 3. The van der Waals surface area contributed by atoms with Gasteiger partial charge in [-0.25, -0.2) is 0 Å². The van der Waals surface area contributed by atoms with Crippen LogP contribution in [0.3, 0.4) is 0 Å². The molecule has 0 saturated heterocycles. The maximum atomic E-state index is 6.21. The van der Waals surface area contributed by atoms with Crippen molar-refractivity contribution in [1.82, 2.24) is 15.2 Å². The summed E-state index contributed by atoms with van der Waals surface area (Å²) in [6.45, 7) is 2.02. The quantitative estimate of drug-likeness (QED) is 0.395. The summed E-state index contributed by atoms with van der Waals surface area (Å²) in [4.78, 5) is 4.53. The number of aryl methyl sites for hydroxylation is 1. The second-order valence-electron chi connectivity index (χ2n) is 6.80. The Hall–Kier alpha value is -3.03. The van der Waals surface area contributed by atoms with E-state index in [0.717, 1.165) is 28.1 Å². The lowest BCUT2D eigenvalue weighted by Gasteiger charge is -2.16. The summed E-state index contributed by atoms with van der Waals surface area (Å²) in [5, 5.41) is 13.1. The topological polar surface area (TPSA) is 73.1 Å². The number of para-hydroxylation sites is 1. The maximum Gasteiger partial charge on any atom is 0.247 e. The molecule has 0 fully saturated rings. The highest BCUT2D eigenvalue weighted by molar-refractivity contribution is 7.98. The number of halogens is 1. The van der Waals surface area contributed by atoms with Gasteiger partial charge in [-0.3, -0.25) is 0 Å². The number of hydrogen-bond donors (Lipinski definition) is 1. The van der Waals surface area contributed by atoms with E-state index in [0.29, 0.717) is 27.5 Å². The molecule has 0 bridgehead atoms. The number of thioether (sulfide) groups is 1. The molecule has 1 N–H and O–H groups in total. The first kappa shape index (κ1) is 19.0. The van der Waals surface area contributed by atoms with Crippen molar-refractivity contribution < 1.29 is 9.15 Å². The molecular formula is C22H17ClN4O2S. The van der Waals surface area contributed by atoms with Crippen LogP contribution in [0.25, 0.3) is 22.6 Å². The fourth-order valence-corrected chi connectivity index (χ4v) is 3.83. The average molecular weight is 437 g/mol. The van der Waals surface area contributed by atoms with Crippen LogP contribution in [-0.2, 0) is 0 Å². The Morgan fingerprint density at radius 2 is 1.90 bits per heavy atom. The summed E-state index contributed by atoms with van der Waals surface area (Å²) in [5.41, 5.74) is 4.35. The highest BCUT2D eigenvalue weighted by Crippen LogP contribution is 2.40. The van der Waals surface area contributed by atoms with Crippen LogP contribution < -0.4 is 10.1 Å². The van der Waals surface area contributed by atoms with E-state index in [1.54, 1.807) is 0 Å². The number of nitrogens with one attached hydrogen (secondary N) is 1. The Labute approximate surface area is 182 Å². The molecule has 8 heteroatoms. The first-order valence-corrected chi connectivity index (χ1v) is 10.9. The monoisotopic (exact) mass is 436 g/mol. The lowest BCUT2D eigenvalue weighted by Crippen LogP contribution is -2.16. The predicted molar refractivity (Wildman–Crippen MR) is 118 cm³/mol. The van der Waals surface area contributed by atoms with E-state index < -0.39 is 6.23 Å². The summed E-state index contributed by atoms with van der Waals surface area (Å²) >= 11 is 7.59. The molecule has 2 aromatic heterocycles. The van der Waals surface area contributed by atoms with Crippen LogP contribution in [0.4, 0.5) is 5.69 Å². The molecule has 1 aliphatic heterocycles. The van der Waals surface area contributed by atoms with Gasteiger partial charge in [-0.15, -0.1) is 10.2 Å². The molecule has 0 saturated carbocycles. The molecule has 0 radical (unpaired) electrons. The van der Waals surface area contributed by atoms with Crippen LogP contribution in [0.1, 0.15) is 17.6 Å². The molecule has 4 aromatic rings. The number of benzene rings is 2. The van der Waals surface area contributed by atoms with Gasteiger partial charge in [0.15, 0.2) is 11.5 Å². The minimum atomic E-state index is -0.577. The fraction of sp³-hybridized carbons (Fsp3) is 0.136. The summed E-state index contributed by atoms with van der Waals surface area (Å²) in [6.07, 6.45) is 1.32. The maximum absolute atomic E-state index is 6.21. The number of hydrogen-bond acceptors (Lipinski definition) is 7. The summed E-state index contributed by atoms with van der Waals surface area (Å²) < 4.78 is 12.4. The van der Waals surface area contributed by atoms with Crippen LogP contribution in [-0.4, -0.2) is 21.4 Å². The molecule has 0 spiro atoms. The van der Waals surface area contributed by atoms with Gasteiger partial charge in [0.2, 0.25) is 17.3 Å². The van der Waals surface area contributed by atoms with E-state index >= 15 is 0 Å². The molecule has 1 unspecified atom stereocenters. The number of fused-ring (bicyclic) bond motifs is 3. The molecule has 2 aromatic carbocycles. The van der Waals surface area contributed by atoms with E-state index in [4.69, 9.17) is 20.8 Å². The predicted octanol–water partition coefficient (Wildman–Crippen LogP) is 5.99. The molecular weight excluding hydrogens is 420 g/mol. The zero-order chi connectivity index (χ0) is 20.7. The Kier molecular flexibility index (Phi) is 4.84. The lowest BCUT2D eigenvalue weighted by molar-refractivity contribution is 0.196. The number of furan rings is 1. The largest absolute Gasteiger partial charge is 0.455 e. The van der Waals surface area contributed by atoms with Crippen molar-refractivity contribution in [3.05, 3.63) is 70.9 Å². The van der Waals surface area contributed by atoms with Crippen molar-refractivity contribution in [3.8, 4) is 28.5 Å². The molecule has 0 amide bonds. The SMILES string of the molecule is CSc1nnc2c(n1)OC(c1ccc(-c3cc(Cl)ccc3C)o1)Nc1ccccc1-2. The van der Waals surface area contributed by atoms with Gasteiger partial charge in [0.25, 0.3) is 0 Å². The van der Waals surface area contributed by atoms with Gasteiger partial charge < -0.3 is 14.5 Å². The zero-order valence-corrected chi connectivity index (χ0v) is 17.8. The molecule has 30 heavy (non-hydrogen) atoms. The highest BCUT2D eigenvalue weighted by atomic mass is 35.5. The van der Waals surface area contributed by atoms with Gasteiger partial charge in [0, 0.05) is 21.8 Å². The second-order valence-corrected chi connectivity index (χ2v) is 8.01. The number of ether oxygens (including phenoxy) is 1. The van der Waals surface area contributed by atoms with Crippen LogP contribution in [0.2, 0.25) is 5.02 Å². The minimum Gasteiger partial charge on any atom is -0.455 e. The molecule has 3 heterocycles. The van der Waals surface area contributed by atoms with Gasteiger partial charge >= 0.3 is 0 Å². The molecule has 1 atom stereocenters. The summed E-state index contributed by atoms with van der Waals surface area (Å²) in [6, 6.07) is 17.4. The summed E-state index contributed by atoms with van der Waals surface area (Å²) in [7, 11) is 0. The van der Waals surface area contributed by atoms with Crippen molar-refractivity contribution >= 4 is 29.1 Å². The number of nitrogens with zero attached hydrogens (tertiary/aromatic N) is 3. The van der Waals surface area contributed by atoms with Crippen molar-refractivity contribution in [2.75, 3.05) is 11.6 Å². The molecule has 1 aliphatic rings. The van der Waals surface area contributed by atoms with Gasteiger partial charge in [-0.1, -0.05) is 47.6 Å². The first-order chi connectivity index (χ1) is 14.6. The standard InChI is InChI=1S/C22H17ClN4O2S/c1-12-7-8-13(23)11-15(12)17-9-10-18(28-17)20-24-16-6-4-3-5-14(16)19-21(29-20)25-22(30-2)27-26-19/h3-11,20,24H,1-2H3. The number of anilines is 1. The third-order valence-electron chi connectivity index (χ3n) is 4.87. The Bertz CT molecular complexity index is 1240. The van der Waals surface area contributed by atoms with Gasteiger partial charge in [0.1, 0.15) is 5.76 Å². The lowest BCUT2D eigenvalue weighted by atomic mass is 10.1. The van der Waals surface area contributed by atoms with Crippen molar-refractivity contribution in [1.29, 1.82) is 0 Å². The first-order valence-electron chi connectivity index (χ1n) is 9.30. The fourth-order valence-electron chi connectivity index (χ4n) is 3.36. The van der Waals surface area contributed by atoms with Crippen molar-refractivity contribution in [2.45, 2.75) is 18.3 Å². The molecule has 5 rings (SSSR count). The number of rotatable bonds is 3. The van der Waals surface area contributed by atoms with E-state index in [-0.39, 0.29) is 0 Å². The smallest absolute Gasteiger partial charge is 0.247 e. The molecule has 6 nitrogen and oxygen atoms in total. The Balaban J connectivity index is 1.57. The third kappa shape index (κ3) is 3.40. The van der Waals surface area contributed by atoms with Crippen LogP contribution in [0.15, 0.2) is 64.2 Å². The molecule has 0 aliphatic carbocycles. The molecule has 150 valence electrons. The average Bonchev–Trinajstić information content (AvgIpc) is 3.19. The van der Waals surface area contributed by atoms with E-state index in [9.17, 15) is 0 Å². The van der Waals surface area contributed by atoms with Gasteiger partial charge in [-0.05, 0) is 49.1 Å². The normalized spacial score (nSPS) is 14.8. The summed E-state index contributed by atoms with van der Waals surface area (Å²) in [5.74, 6) is 1.75. The minimum absolute atomic E-state index is 0.411. The van der Waals surface area contributed by atoms with E-state index in [1.807, 2.05) is 67.8 Å². The zero-order valence-electron chi connectivity index (χ0n) is 16.2. The van der Waals surface area contributed by atoms with Crippen LogP contribution in [0.5, 0.6) is 5.88 Å². The Morgan fingerprint density at radius 1 is 1.03 bits per heavy atom. The van der Waals surface area contributed by atoms with Crippen molar-refractivity contribution in [3.63, 3.8) is 0 Å². The Morgan fingerprint density at radius 3 is 2.77 bits per heavy atom. The van der Waals surface area contributed by atoms with E-state index in [2.05, 4.69) is 20.5 Å². The second kappa shape index (κ2) is 7.66. The van der Waals surface area contributed by atoms with Crippen molar-refractivity contribution in [2.24, 2.45) is 0 Å². The highest BCUT2D eigenvalue weighted by Gasteiger charge is 2.28.